The van der Waals surface area contributed by atoms with Crippen molar-refractivity contribution in [2.75, 3.05) is 17.3 Å². The summed E-state index contributed by atoms with van der Waals surface area (Å²) < 4.78 is 0. The monoisotopic (exact) mass is 310 g/mol. The summed E-state index contributed by atoms with van der Waals surface area (Å²) in [6.07, 6.45) is 2.70. The molecule has 2 rings (SSSR count). The fourth-order valence-corrected chi connectivity index (χ4v) is 2.37. The maximum Gasteiger partial charge on any atom is 0.241 e. The van der Waals surface area contributed by atoms with Gasteiger partial charge in [0.25, 0.3) is 0 Å². The molecule has 2 aromatic carbocycles. The first-order chi connectivity index (χ1) is 9.20. The van der Waals surface area contributed by atoms with Crippen LogP contribution in [0.3, 0.4) is 0 Å². The van der Waals surface area contributed by atoms with Crippen molar-refractivity contribution in [3.05, 3.63) is 42.5 Å². The zero-order valence-electron chi connectivity index (χ0n) is 11.3. The van der Waals surface area contributed by atoms with Gasteiger partial charge in [-0.15, -0.1) is 12.4 Å². The van der Waals surface area contributed by atoms with Crippen LogP contribution in [0.2, 0.25) is 0 Å². The normalized spacial score (nSPS) is 11.7. The number of nitrogens with one attached hydrogen (secondary N) is 1. The van der Waals surface area contributed by atoms with Crippen LogP contribution in [0.15, 0.2) is 42.5 Å². The zero-order chi connectivity index (χ0) is 13.7. The van der Waals surface area contributed by atoms with E-state index in [4.69, 9.17) is 5.73 Å². The lowest BCUT2D eigenvalue weighted by Gasteiger charge is -2.12. The Morgan fingerprint density at radius 2 is 1.95 bits per heavy atom. The molecule has 2 aromatic rings. The number of carbonyl (C=O) groups excluding carboxylic acids is 1. The minimum absolute atomic E-state index is 0. The number of amides is 1. The predicted molar refractivity (Wildman–Crippen MR) is 90.8 cm³/mol. The van der Waals surface area contributed by atoms with Gasteiger partial charge in [0.1, 0.15) is 0 Å². The van der Waals surface area contributed by atoms with E-state index in [9.17, 15) is 4.79 Å². The van der Waals surface area contributed by atoms with Gasteiger partial charge in [-0.05, 0) is 41.3 Å². The summed E-state index contributed by atoms with van der Waals surface area (Å²) in [6.45, 7) is 0. The summed E-state index contributed by atoms with van der Waals surface area (Å²) >= 11 is 1.70. The van der Waals surface area contributed by atoms with Crippen LogP contribution in [0.1, 0.15) is 6.42 Å². The van der Waals surface area contributed by atoms with Crippen LogP contribution < -0.4 is 11.1 Å². The summed E-state index contributed by atoms with van der Waals surface area (Å²) in [6, 6.07) is 13.5. The minimum atomic E-state index is -0.445. The van der Waals surface area contributed by atoms with E-state index in [1.807, 2.05) is 48.7 Å². The third-order valence-electron chi connectivity index (χ3n) is 2.99. The third kappa shape index (κ3) is 4.40. The molecule has 0 spiro atoms. The van der Waals surface area contributed by atoms with Crippen molar-refractivity contribution in [2.45, 2.75) is 12.5 Å². The van der Waals surface area contributed by atoms with Gasteiger partial charge in [0.15, 0.2) is 0 Å². The van der Waals surface area contributed by atoms with Crippen LogP contribution in [-0.4, -0.2) is 24.0 Å². The van der Waals surface area contributed by atoms with Crippen LogP contribution in [0.4, 0.5) is 5.69 Å². The van der Waals surface area contributed by atoms with Crippen molar-refractivity contribution in [1.29, 1.82) is 0 Å². The Labute approximate surface area is 129 Å². The quantitative estimate of drug-likeness (QED) is 0.891. The minimum Gasteiger partial charge on any atom is -0.325 e. The molecule has 1 amide bonds. The number of thioether (sulfide) groups is 1. The molecule has 0 radical (unpaired) electrons. The fraction of sp³-hybridized carbons (Fsp3) is 0.267. The highest BCUT2D eigenvalue weighted by atomic mass is 35.5. The van der Waals surface area contributed by atoms with E-state index in [-0.39, 0.29) is 18.3 Å². The van der Waals surface area contributed by atoms with Crippen molar-refractivity contribution in [2.24, 2.45) is 5.73 Å². The first-order valence-electron chi connectivity index (χ1n) is 6.25. The first-order valence-corrected chi connectivity index (χ1v) is 7.64. The number of halogens is 1. The molecule has 0 bridgehead atoms. The molecular weight excluding hydrogens is 292 g/mol. The van der Waals surface area contributed by atoms with E-state index < -0.39 is 6.04 Å². The van der Waals surface area contributed by atoms with Gasteiger partial charge in [-0.2, -0.15) is 11.8 Å². The molecule has 20 heavy (non-hydrogen) atoms. The van der Waals surface area contributed by atoms with Crippen LogP contribution in [0.5, 0.6) is 0 Å². The highest BCUT2D eigenvalue weighted by Crippen LogP contribution is 2.19. The molecule has 0 aliphatic heterocycles. The van der Waals surface area contributed by atoms with Gasteiger partial charge < -0.3 is 11.1 Å². The van der Waals surface area contributed by atoms with Gasteiger partial charge in [0, 0.05) is 5.69 Å². The van der Waals surface area contributed by atoms with Gasteiger partial charge in [-0.25, -0.2) is 0 Å². The van der Waals surface area contributed by atoms with Crippen LogP contribution in [0.25, 0.3) is 10.8 Å². The Morgan fingerprint density at radius 3 is 2.65 bits per heavy atom. The van der Waals surface area contributed by atoms with Crippen LogP contribution in [-0.2, 0) is 4.79 Å². The van der Waals surface area contributed by atoms with Crippen molar-refractivity contribution >= 4 is 46.5 Å². The standard InChI is InChI=1S/C15H18N2OS.ClH/c1-19-9-8-14(16)15(18)17-13-7-6-11-4-2-3-5-12(11)10-13;/h2-7,10,14H,8-9,16H2,1H3,(H,17,18);1H/t14-;/m0./s1. The second-order valence-electron chi connectivity index (χ2n) is 4.44. The molecular formula is C15H19ClN2OS. The molecule has 1 atom stereocenters. The molecule has 0 fully saturated rings. The molecule has 3 nitrogen and oxygen atoms in total. The Kier molecular flexibility index (Phi) is 6.85. The van der Waals surface area contributed by atoms with Gasteiger partial charge in [0.2, 0.25) is 5.91 Å². The molecule has 5 heteroatoms. The number of hydrogen-bond donors (Lipinski definition) is 2. The van der Waals surface area contributed by atoms with Crippen molar-refractivity contribution in [1.82, 2.24) is 0 Å². The van der Waals surface area contributed by atoms with Crippen molar-refractivity contribution in [3.8, 4) is 0 Å². The largest absolute Gasteiger partial charge is 0.325 e. The molecule has 0 aliphatic rings. The van der Waals surface area contributed by atoms with E-state index >= 15 is 0 Å². The highest BCUT2D eigenvalue weighted by Gasteiger charge is 2.12. The number of hydrogen-bond acceptors (Lipinski definition) is 3. The summed E-state index contributed by atoms with van der Waals surface area (Å²) in [5.41, 5.74) is 6.63. The SMILES string of the molecule is CSCC[C@H](N)C(=O)Nc1ccc2ccccc2c1.Cl. The van der Waals surface area contributed by atoms with Gasteiger partial charge in [-0.1, -0.05) is 30.3 Å². The molecule has 0 saturated heterocycles. The summed E-state index contributed by atoms with van der Waals surface area (Å²) in [5, 5.41) is 5.14. The van der Waals surface area contributed by atoms with E-state index in [1.165, 1.54) is 0 Å². The Balaban J connectivity index is 0.00000200. The molecule has 3 N–H and O–H groups in total. The summed E-state index contributed by atoms with van der Waals surface area (Å²) in [4.78, 5) is 11.9. The molecule has 0 unspecified atom stereocenters. The lowest BCUT2D eigenvalue weighted by Crippen LogP contribution is -2.36. The number of anilines is 1. The maximum atomic E-state index is 11.9. The number of benzene rings is 2. The van der Waals surface area contributed by atoms with Gasteiger partial charge in [-0.3, -0.25) is 4.79 Å². The molecule has 0 aliphatic carbocycles. The number of nitrogens with two attached hydrogens (primary N) is 1. The topological polar surface area (TPSA) is 55.1 Å². The van der Waals surface area contributed by atoms with Crippen LogP contribution >= 0.6 is 24.2 Å². The number of carbonyl (C=O) groups is 1. The first kappa shape index (κ1) is 16.8. The summed E-state index contributed by atoms with van der Waals surface area (Å²) in [7, 11) is 0. The Hall–Kier alpha value is -1.23. The smallest absolute Gasteiger partial charge is 0.241 e. The number of rotatable bonds is 5. The van der Waals surface area contributed by atoms with Gasteiger partial charge >= 0.3 is 0 Å². The predicted octanol–water partition coefficient (Wildman–Crippen LogP) is 3.28. The van der Waals surface area contributed by atoms with Crippen molar-refractivity contribution in [3.63, 3.8) is 0 Å². The van der Waals surface area contributed by atoms with Crippen molar-refractivity contribution < 1.29 is 4.79 Å². The average molecular weight is 311 g/mol. The van der Waals surface area contributed by atoms with E-state index in [2.05, 4.69) is 5.32 Å². The second-order valence-corrected chi connectivity index (χ2v) is 5.42. The lowest BCUT2D eigenvalue weighted by atomic mass is 10.1. The Morgan fingerprint density at radius 1 is 1.25 bits per heavy atom. The maximum absolute atomic E-state index is 11.9. The number of fused-ring (bicyclic) bond motifs is 1. The molecule has 0 heterocycles. The van der Waals surface area contributed by atoms with E-state index in [0.717, 1.165) is 22.2 Å². The van der Waals surface area contributed by atoms with E-state index in [0.29, 0.717) is 6.42 Å². The second kappa shape index (κ2) is 8.15. The Bertz CT molecular complexity index is 577. The van der Waals surface area contributed by atoms with Crippen LogP contribution in [0, 0.1) is 0 Å². The average Bonchev–Trinajstić information content (AvgIpc) is 2.44. The lowest BCUT2D eigenvalue weighted by molar-refractivity contribution is -0.117. The fourth-order valence-electron chi connectivity index (χ4n) is 1.88. The highest BCUT2D eigenvalue weighted by molar-refractivity contribution is 7.98. The summed E-state index contributed by atoms with van der Waals surface area (Å²) in [5.74, 6) is 0.774. The third-order valence-corrected chi connectivity index (χ3v) is 3.63. The molecule has 108 valence electrons. The van der Waals surface area contributed by atoms with E-state index in [1.54, 1.807) is 11.8 Å². The molecule has 0 saturated carbocycles. The molecule has 0 aromatic heterocycles. The zero-order valence-corrected chi connectivity index (χ0v) is 13.0. The van der Waals surface area contributed by atoms with Gasteiger partial charge in [0.05, 0.1) is 6.04 Å².